The van der Waals surface area contributed by atoms with Crippen LogP contribution in [-0.4, -0.2) is 9.67 Å². The number of halogens is 2. The van der Waals surface area contributed by atoms with Gasteiger partial charge in [-0.1, -0.05) is 43.1 Å². The summed E-state index contributed by atoms with van der Waals surface area (Å²) in [6.07, 6.45) is 3.25. The minimum absolute atomic E-state index is 0.0770. The molecule has 0 amide bonds. The van der Waals surface area contributed by atoms with Crippen LogP contribution in [0.1, 0.15) is 37.6 Å². The van der Waals surface area contributed by atoms with Gasteiger partial charge in [-0.2, -0.15) is 0 Å². The monoisotopic (exact) mass is 309 g/mol. The highest BCUT2D eigenvalue weighted by Gasteiger charge is 2.33. The van der Waals surface area contributed by atoms with E-state index in [1.54, 1.807) is 6.07 Å². The van der Waals surface area contributed by atoms with E-state index in [1.807, 2.05) is 29.0 Å². The van der Waals surface area contributed by atoms with Gasteiger partial charge in [0.2, 0.25) is 0 Å². The molecule has 2 aromatic rings. The lowest BCUT2D eigenvalue weighted by molar-refractivity contribution is 0.0987. The number of hydrogen-bond acceptors (Lipinski definition) is 1. The molecule has 0 bridgehead atoms. The lowest BCUT2D eigenvalue weighted by Gasteiger charge is -2.34. The van der Waals surface area contributed by atoms with Crippen LogP contribution in [-0.2, 0) is 6.42 Å². The minimum atomic E-state index is -0.409. The highest BCUT2D eigenvalue weighted by atomic mass is 35.5. The van der Waals surface area contributed by atoms with E-state index in [-0.39, 0.29) is 5.41 Å². The second kappa shape index (κ2) is 4.80. The van der Waals surface area contributed by atoms with E-state index in [2.05, 4.69) is 13.8 Å². The molecule has 1 aromatic heterocycles. The van der Waals surface area contributed by atoms with Gasteiger partial charge in [0, 0.05) is 17.5 Å². The summed E-state index contributed by atoms with van der Waals surface area (Å²) in [5.41, 5.74) is 3.07. The van der Waals surface area contributed by atoms with Gasteiger partial charge in [-0.15, -0.1) is 0 Å². The minimum Gasteiger partial charge on any atom is -0.388 e. The fourth-order valence-corrected chi connectivity index (χ4v) is 3.42. The van der Waals surface area contributed by atoms with Crippen molar-refractivity contribution in [3.63, 3.8) is 0 Å². The Kier molecular flexibility index (Phi) is 3.36. The quantitative estimate of drug-likeness (QED) is 0.805. The molecule has 1 heterocycles. The van der Waals surface area contributed by atoms with Crippen LogP contribution in [0.4, 0.5) is 0 Å². The average Bonchev–Trinajstić information content (AvgIpc) is 2.75. The van der Waals surface area contributed by atoms with Gasteiger partial charge in [-0.25, -0.2) is 0 Å². The van der Waals surface area contributed by atoms with Crippen LogP contribution in [0.5, 0.6) is 0 Å². The molecule has 3 rings (SSSR count). The highest BCUT2D eigenvalue weighted by molar-refractivity contribution is 6.43. The third-order valence-electron chi connectivity index (χ3n) is 3.97. The maximum atomic E-state index is 10.3. The first-order valence-corrected chi connectivity index (χ1v) is 7.47. The molecule has 106 valence electrons. The molecule has 1 aliphatic rings. The molecule has 4 heteroatoms. The summed E-state index contributed by atoms with van der Waals surface area (Å²) in [5.74, 6) is 0. The Hall–Kier alpha value is -0.960. The molecule has 1 N–H and O–H groups in total. The Morgan fingerprint density at radius 2 is 2.00 bits per heavy atom. The van der Waals surface area contributed by atoms with Gasteiger partial charge in [-0.05, 0) is 36.5 Å². The Morgan fingerprint density at radius 3 is 2.75 bits per heavy atom. The summed E-state index contributed by atoms with van der Waals surface area (Å²) in [6.45, 7) is 4.35. The first-order chi connectivity index (χ1) is 9.39. The average molecular weight is 310 g/mol. The molecule has 1 unspecified atom stereocenters. The first-order valence-electron chi connectivity index (χ1n) is 6.72. The molecule has 0 fully saturated rings. The van der Waals surface area contributed by atoms with Crippen LogP contribution >= 0.6 is 23.2 Å². The number of nitrogens with zero attached hydrogens (tertiary/aromatic N) is 1. The summed E-state index contributed by atoms with van der Waals surface area (Å²) < 4.78 is 2.05. The lowest BCUT2D eigenvalue weighted by Crippen LogP contribution is -2.26. The first kappa shape index (κ1) is 14.0. The van der Waals surface area contributed by atoms with Gasteiger partial charge in [0.05, 0.1) is 21.8 Å². The molecule has 0 radical (unpaired) electrons. The smallest absolute Gasteiger partial charge is 0.0832 e. The molecule has 0 aliphatic heterocycles. The molecule has 20 heavy (non-hydrogen) atoms. The number of benzene rings is 1. The predicted octanol–water partition coefficient (Wildman–Crippen LogP) is 4.79. The number of hydrogen-bond donors (Lipinski definition) is 1. The van der Waals surface area contributed by atoms with Crippen molar-refractivity contribution in [2.45, 2.75) is 32.8 Å². The van der Waals surface area contributed by atoms with E-state index in [9.17, 15) is 5.11 Å². The van der Waals surface area contributed by atoms with Crippen LogP contribution in [0.25, 0.3) is 5.69 Å². The summed E-state index contributed by atoms with van der Waals surface area (Å²) in [7, 11) is 0. The lowest BCUT2D eigenvalue weighted by atomic mass is 9.75. The predicted molar refractivity (Wildman–Crippen MR) is 82.9 cm³/mol. The topological polar surface area (TPSA) is 25.2 Å². The number of aromatic nitrogens is 1. The van der Waals surface area contributed by atoms with E-state index in [0.717, 1.165) is 29.8 Å². The molecule has 0 spiro atoms. The molecule has 0 saturated heterocycles. The van der Waals surface area contributed by atoms with E-state index in [1.165, 1.54) is 0 Å². The molecule has 0 saturated carbocycles. The fourth-order valence-electron chi connectivity index (χ4n) is 3.03. The van der Waals surface area contributed by atoms with E-state index < -0.39 is 6.10 Å². The highest BCUT2D eigenvalue weighted by Crippen LogP contribution is 2.42. The van der Waals surface area contributed by atoms with Crippen LogP contribution in [0.3, 0.4) is 0 Å². The Labute approximate surface area is 128 Å². The van der Waals surface area contributed by atoms with Crippen LogP contribution in [0.2, 0.25) is 10.0 Å². The fraction of sp³-hybridized carbons (Fsp3) is 0.375. The van der Waals surface area contributed by atoms with Gasteiger partial charge >= 0.3 is 0 Å². The van der Waals surface area contributed by atoms with Crippen LogP contribution in [0, 0.1) is 5.41 Å². The maximum Gasteiger partial charge on any atom is 0.0832 e. The molecular formula is C16H17Cl2NO. The van der Waals surface area contributed by atoms with Gasteiger partial charge in [0.1, 0.15) is 0 Å². The van der Waals surface area contributed by atoms with Gasteiger partial charge < -0.3 is 9.67 Å². The number of fused-ring (bicyclic) bond motifs is 1. The zero-order chi connectivity index (χ0) is 14.5. The normalized spacial score (nSPS) is 20.8. The van der Waals surface area contributed by atoms with Crippen molar-refractivity contribution in [3.8, 4) is 5.69 Å². The third-order valence-corrected chi connectivity index (χ3v) is 4.78. The van der Waals surface area contributed by atoms with E-state index >= 15 is 0 Å². The standard InChI is InChI=1S/C16H17Cl2NO/c1-16(2)8-13-10(14(20)9-16)6-7-19(13)12-5-3-4-11(17)15(12)18/h3-7,14,20H,8-9H2,1-2H3. The molecule has 1 aliphatic carbocycles. The Morgan fingerprint density at radius 1 is 1.25 bits per heavy atom. The van der Waals surface area contributed by atoms with Gasteiger partial charge in [0.25, 0.3) is 0 Å². The SMILES string of the molecule is CC1(C)Cc2c(ccn2-c2cccc(Cl)c2Cl)C(O)C1. The molecular weight excluding hydrogens is 293 g/mol. The Balaban J connectivity index is 2.16. The van der Waals surface area contributed by atoms with Crippen LogP contribution < -0.4 is 0 Å². The third kappa shape index (κ3) is 2.26. The second-order valence-electron chi connectivity index (χ2n) is 6.22. The number of rotatable bonds is 1. The molecule has 1 aromatic carbocycles. The second-order valence-corrected chi connectivity index (χ2v) is 7.01. The number of aliphatic hydroxyl groups is 1. The van der Waals surface area contributed by atoms with Crippen molar-refractivity contribution in [2.24, 2.45) is 5.41 Å². The summed E-state index contributed by atoms with van der Waals surface area (Å²) >= 11 is 12.4. The van der Waals surface area contributed by atoms with Crippen molar-refractivity contribution in [3.05, 3.63) is 51.8 Å². The summed E-state index contributed by atoms with van der Waals surface area (Å²) in [6, 6.07) is 7.59. The van der Waals surface area contributed by atoms with Crippen molar-refractivity contribution in [1.82, 2.24) is 4.57 Å². The zero-order valence-electron chi connectivity index (χ0n) is 11.5. The maximum absolute atomic E-state index is 10.3. The number of aliphatic hydroxyl groups excluding tert-OH is 1. The van der Waals surface area contributed by atoms with Gasteiger partial charge in [0.15, 0.2) is 0 Å². The molecule has 2 nitrogen and oxygen atoms in total. The summed E-state index contributed by atoms with van der Waals surface area (Å²) in [4.78, 5) is 0. The zero-order valence-corrected chi connectivity index (χ0v) is 13.0. The van der Waals surface area contributed by atoms with Crippen molar-refractivity contribution in [1.29, 1.82) is 0 Å². The summed E-state index contributed by atoms with van der Waals surface area (Å²) in [5, 5.41) is 11.4. The Bertz CT molecular complexity index is 660. The van der Waals surface area contributed by atoms with E-state index in [4.69, 9.17) is 23.2 Å². The van der Waals surface area contributed by atoms with Crippen molar-refractivity contribution >= 4 is 23.2 Å². The van der Waals surface area contributed by atoms with Crippen molar-refractivity contribution in [2.75, 3.05) is 0 Å². The largest absolute Gasteiger partial charge is 0.388 e. The van der Waals surface area contributed by atoms with Gasteiger partial charge in [-0.3, -0.25) is 0 Å². The van der Waals surface area contributed by atoms with Crippen LogP contribution in [0.15, 0.2) is 30.5 Å². The molecule has 1 atom stereocenters. The van der Waals surface area contributed by atoms with Crippen molar-refractivity contribution < 1.29 is 5.11 Å². The van der Waals surface area contributed by atoms with E-state index in [0.29, 0.717) is 10.0 Å².